The first kappa shape index (κ1) is 24.7. The summed E-state index contributed by atoms with van der Waals surface area (Å²) in [6.07, 6.45) is 8.57. The Kier molecular flexibility index (Phi) is 8.08. The smallest absolute Gasteiger partial charge is 0.251 e. The monoisotopic (exact) mass is 483 g/mol. The number of ether oxygens (including phenoxy) is 1. The van der Waals surface area contributed by atoms with Crippen LogP contribution in [0.25, 0.3) is 11.3 Å². The van der Waals surface area contributed by atoms with E-state index in [-0.39, 0.29) is 17.7 Å². The largest absolute Gasteiger partial charge is 0.504 e. The summed E-state index contributed by atoms with van der Waals surface area (Å²) in [6, 6.07) is 16.4. The summed E-state index contributed by atoms with van der Waals surface area (Å²) in [6.45, 7) is 2.53. The molecule has 8 nitrogen and oxygen atoms in total. The number of hydrogen-bond donors (Lipinski definition) is 3. The number of hydrogen-bond acceptors (Lipinski definition) is 7. The van der Waals surface area contributed by atoms with E-state index in [1.807, 2.05) is 36.4 Å². The number of carbonyl (C=O) groups excluding carboxylic acids is 1. The molecular weight excluding hydrogens is 454 g/mol. The van der Waals surface area contributed by atoms with E-state index in [0.29, 0.717) is 29.4 Å². The van der Waals surface area contributed by atoms with E-state index in [9.17, 15) is 9.90 Å². The molecule has 1 unspecified atom stereocenters. The second-order valence-electron chi connectivity index (χ2n) is 8.33. The van der Waals surface area contributed by atoms with Crippen molar-refractivity contribution in [2.45, 2.75) is 32.4 Å². The van der Waals surface area contributed by atoms with Crippen LogP contribution in [0.1, 0.15) is 47.3 Å². The number of aromatic hydroxyl groups is 1. The quantitative estimate of drug-likeness (QED) is 0.287. The predicted molar refractivity (Wildman–Crippen MR) is 139 cm³/mol. The van der Waals surface area contributed by atoms with Gasteiger partial charge in [-0.05, 0) is 53.9 Å². The Morgan fingerprint density at radius 2 is 1.94 bits per heavy atom. The highest BCUT2D eigenvalue weighted by Gasteiger charge is 2.15. The average Bonchev–Trinajstić information content (AvgIpc) is 2.92. The number of nitrogens with zero attached hydrogens (tertiary/aromatic N) is 3. The third kappa shape index (κ3) is 6.15. The van der Waals surface area contributed by atoms with Gasteiger partial charge in [-0.2, -0.15) is 0 Å². The minimum absolute atomic E-state index is 0.0556. The Balaban J connectivity index is 1.51. The van der Waals surface area contributed by atoms with Gasteiger partial charge in [0.05, 0.1) is 31.2 Å². The molecule has 1 amide bonds. The van der Waals surface area contributed by atoms with Crippen LogP contribution in [0.5, 0.6) is 11.5 Å². The molecule has 0 saturated heterocycles. The fraction of sp³-hybridized carbons (Fsp3) is 0.214. The summed E-state index contributed by atoms with van der Waals surface area (Å²) in [5.74, 6) is 0.912. The van der Waals surface area contributed by atoms with Gasteiger partial charge in [0.1, 0.15) is 5.82 Å². The summed E-state index contributed by atoms with van der Waals surface area (Å²) in [5.41, 5.74) is 3.95. The number of nitrogens with one attached hydrogen (secondary N) is 2. The molecule has 4 aromatic rings. The Hall–Kier alpha value is -4.46. The van der Waals surface area contributed by atoms with Gasteiger partial charge in [0.25, 0.3) is 5.91 Å². The third-order valence-corrected chi connectivity index (χ3v) is 5.74. The van der Waals surface area contributed by atoms with E-state index in [4.69, 9.17) is 9.72 Å². The molecule has 2 heterocycles. The molecule has 0 bridgehead atoms. The summed E-state index contributed by atoms with van der Waals surface area (Å²) in [4.78, 5) is 25.9. The summed E-state index contributed by atoms with van der Waals surface area (Å²) >= 11 is 0. The van der Waals surface area contributed by atoms with Crippen LogP contribution < -0.4 is 15.4 Å². The van der Waals surface area contributed by atoms with Gasteiger partial charge in [-0.3, -0.25) is 14.8 Å². The van der Waals surface area contributed by atoms with Crippen molar-refractivity contribution in [3.05, 3.63) is 96.1 Å². The van der Waals surface area contributed by atoms with E-state index < -0.39 is 0 Å². The van der Waals surface area contributed by atoms with Crippen LogP contribution in [0.3, 0.4) is 0 Å². The predicted octanol–water partition coefficient (Wildman–Crippen LogP) is 5.14. The molecule has 1 atom stereocenters. The zero-order chi connectivity index (χ0) is 25.3. The van der Waals surface area contributed by atoms with Gasteiger partial charge in [-0.25, -0.2) is 4.98 Å². The van der Waals surface area contributed by atoms with E-state index in [2.05, 4.69) is 27.5 Å². The topological polar surface area (TPSA) is 109 Å². The molecule has 0 aliphatic rings. The molecule has 8 heteroatoms. The number of phenols is 1. The van der Waals surface area contributed by atoms with Crippen LogP contribution in [0.4, 0.5) is 5.82 Å². The number of anilines is 1. The maximum Gasteiger partial charge on any atom is 0.251 e. The highest BCUT2D eigenvalue weighted by atomic mass is 16.5. The second-order valence-corrected chi connectivity index (χ2v) is 8.33. The van der Waals surface area contributed by atoms with Gasteiger partial charge in [-0.1, -0.05) is 31.5 Å². The molecule has 4 rings (SSSR count). The Labute approximate surface area is 210 Å². The van der Waals surface area contributed by atoms with E-state index >= 15 is 0 Å². The van der Waals surface area contributed by atoms with Crippen LogP contribution in [0.15, 0.2) is 79.4 Å². The molecule has 0 fully saturated rings. The minimum Gasteiger partial charge on any atom is -0.504 e. The number of amides is 1. The van der Waals surface area contributed by atoms with Gasteiger partial charge in [0.2, 0.25) is 0 Å². The van der Waals surface area contributed by atoms with Crippen molar-refractivity contribution >= 4 is 11.7 Å². The van der Waals surface area contributed by atoms with Crippen LogP contribution in [-0.2, 0) is 6.54 Å². The zero-order valence-corrected chi connectivity index (χ0v) is 20.3. The molecule has 3 N–H and O–H groups in total. The Bertz CT molecular complexity index is 1310. The molecule has 184 valence electrons. The maximum absolute atomic E-state index is 12.8. The van der Waals surface area contributed by atoms with Crippen molar-refractivity contribution < 1.29 is 14.6 Å². The number of aromatic nitrogens is 3. The third-order valence-electron chi connectivity index (χ3n) is 5.74. The van der Waals surface area contributed by atoms with E-state index in [1.54, 1.807) is 43.0 Å². The molecule has 2 aromatic carbocycles. The van der Waals surface area contributed by atoms with Gasteiger partial charge in [0.15, 0.2) is 11.5 Å². The lowest BCUT2D eigenvalue weighted by Crippen LogP contribution is -2.23. The Morgan fingerprint density at radius 3 is 2.72 bits per heavy atom. The second kappa shape index (κ2) is 11.8. The van der Waals surface area contributed by atoms with Crippen molar-refractivity contribution in [1.82, 2.24) is 20.3 Å². The first-order valence-corrected chi connectivity index (χ1v) is 11.8. The first-order chi connectivity index (χ1) is 17.6. The maximum atomic E-state index is 12.8. The number of rotatable bonds is 10. The molecule has 0 spiro atoms. The Morgan fingerprint density at radius 1 is 1.06 bits per heavy atom. The molecule has 0 aliphatic carbocycles. The first-order valence-electron chi connectivity index (χ1n) is 11.8. The number of benzene rings is 2. The van der Waals surface area contributed by atoms with Gasteiger partial charge < -0.3 is 20.5 Å². The van der Waals surface area contributed by atoms with Gasteiger partial charge in [0, 0.05) is 30.1 Å². The van der Waals surface area contributed by atoms with E-state index in [1.165, 1.54) is 7.11 Å². The van der Waals surface area contributed by atoms with Crippen molar-refractivity contribution in [3.8, 4) is 22.8 Å². The van der Waals surface area contributed by atoms with Crippen molar-refractivity contribution in [1.29, 1.82) is 0 Å². The number of pyridine rings is 1. The van der Waals surface area contributed by atoms with Crippen molar-refractivity contribution in [2.75, 3.05) is 12.4 Å². The molecule has 0 aliphatic heterocycles. The van der Waals surface area contributed by atoms with Crippen LogP contribution in [-0.4, -0.2) is 33.1 Å². The molecule has 2 aromatic heterocycles. The minimum atomic E-state index is -0.140. The summed E-state index contributed by atoms with van der Waals surface area (Å²) in [5, 5.41) is 16.3. The highest BCUT2D eigenvalue weighted by Crippen LogP contribution is 2.31. The molecule has 0 saturated carbocycles. The SMILES string of the molecule is CCCC(Nc1cncc(-c2ccc(O)c(OC)c2)n1)c1cccc(C(=O)NCc2cccnc2)c1. The van der Waals surface area contributed by atoms with Crippen molar-refractivity contribution in [2.24, 2.45) is 0 Å². The van der Waals surface area contributed by atoms with Crippen LogP contribution >= 0.6 is 0 Å². The van der Waals surface area contributed by atoms with Crippen molar-refractivity contribution in [3.63, 3.8) is 0 Å². The molecule has 0 radical (unpaired) electrons. The number of carbonyl (C=O) groups is 1. The highest BCUT2D eigenvalue weighted by molar-refractivity contribution is 5.94. The van der Waals surface area contributed by atoms with E-state index in [0.717, 1.165) is 29.5 Å². The zero-order valence-electron chi connectivity index (χ0n) is 20.3. The summed E-state index contributed by atoms with van der Waals surface area (Å²) in [7, 11) is 1.51. The lowest BCUT2D eigenvalue weighted by Gasteiger charge is -2.20. The van der Waals surface area contributed by atoms with Gasteiger partial charge in [-0.15, -0.1) is 0 Å². The summed E-state index contributed by atoms with van der Waals surface area (Å²) < 4.78 is 5.22. The van der Waals surface area contributed by atoms with Crippen LogP contribution in [0, 0.1) is 0 Å². The normalized spacial score (nSPS) is 11.5. The lowest BCUT2D eigenvalue weighted by atomic mass is 9.99. The fourth-order valence-corrected chi connectivity index (χ4v) is 3.88. The lowest BCUT2D eigenvalue weighted by molar-refractivity contribution is 0.0950. The van der Waals surface area contributed by atoms with Crippen LogP contribution in [0.2, 0.25) is 0 Å². The standard InChI is InChI=1S/C28H29N5O3/c1-3-6-23(20-8-4-9-22(13-20)28(35)31-16-19-7-5-12-29-15-19)32-27-18-30-17-24(33-27)21-10-11-25(34)26(14-21)36-2/h4-5,7-15,17-18,23,34H,3,6,16H2,1-2H3,(H,31,35)(H,32,33). The molecule has 36 heavy (non-hydrogen) atoms. The fourth-order valence-electron chi connectivity index (χ4n) is 3.88. The number of methoxy groups -OCH3 is 1. The average molecular weight is 484 g/mol. The number of phenolic OH excluding ortho intramolecular Hbond substituents is 1. The van der Waals surface area contributed by atoms with Gasteiger partial charge >= 0.3 is 0 Å². The molecular formula is C28H29N5O3.